The summed E-state index contributed by atoms with van der Waals surface area (Å²) in [6, 6.07) is 0. The second-order valence-corrected chi connectivity index (χ2v) is 5.93. The molecule has 1 saturated heterocycles. The Morgan fingerprint density at radius 1 is 1.50 bits per heavy atom. The topological polar surface area (TPSA) is 77.2 Å². The van der Waals surface area contributed by atoms with Gasteiger partial charge in [-0.25, -0.2) is 4.98 Å². The number of anilines is 1. The minimum atomic E-state index is -0.802. The number of amides is 1. The number of hydrogen-bond acceptors (Lipinski definition) is 5. The summed E-state index contributed by atoms with van der Waals surface area (Å²) < 4.78 is 5.24. The van der Waals surface area contributed by atoms with Crippen LogP contribution in [-0.2, 0) is 9.53 Å². The molecule has 0 bridgehead atoms. The molecule has 1 aromatic rings. The lowest BCUT2D eigenvalue weighted by Gasteiger charge is -2.31. The van der Waals surface area contributed by atoms with Crippen LogP contribution in [0.3, 0.4) is 0 Å². The highest BCUT2D eigenvalue weighted by Crippen LogP contribution is 2.41. The Kier molecular flexibility index (Phi) is 3.09. The molecule has 2 fully saturated rings. The molecule has 3 N–H and O–H groups in total. The smallest absolute Gasteiger partial charge is 0.246 e. The van der Waals surface area contributed by atoms with Gasteiger partial charge in [0, 0.05) is 24.5 Å². The van der Waals surface area contributed by atoms with E-state index in [2.05, 4.69) is 10.3 Å². The van der Waals surface area contributed by atoms with Crippen LogP contribution in [0, 0.1) is 0 Å². The highest BCUT2D eigenvalue weighted by molar-refractivity contribution is 7.14. The van der Waals surface area contributed by atoms with Gasteiger partial charge in [0.05, 0.1) is 5.69 Å². The molecule has 6 heteroatoms. The third-order valence-electron chi connectivity index (χ3n) is 3.58. The van der Waals surface area contributed by atoms with E-state index < -0.39 is 5.54 Å². The predicted octanol–water partition coefficient (Wildman–Crippen LogP) is 1.47. The maximum absolute atomic E-state index is 12.2. The Morgan fingerprint density at radius 2 is 2.22 bits per heavy atom. The van der Waals surface area contributed by atoms with Crippen LogP contribution in [-0.4, -0.2) is 29.6 Å². The average Bonchev–Trinajstić information content (AvgIpc) is 3.11. The first kappa shape index (κ1) is 12.1. The van der Waals surface area contributed by atoms with Gasteiger partial charge in [-0.05, 0) is 25.7 Å². The van der Waals surface area contributed by atoms with E-state index in [0.29, 0.717) is 37.1 Å². The van der Waals surface area contributed by atoms with E-state index in [1.807, 2.05) is 5.38 Å². The highest BCUT2D eigenvalue weighted by Gasteiger charge is 2.36. The van der Waals surface area contributed by atoms with E-state index in [4.69, 9.17) is 10.5 Å². The third-order valence-corrected chi connectivity index (χ3v) is 4.35. The van der Waals surface area contributed by atoms with Gasteiger partial charge in [-0.1, -0.05) is 0 Å². The molecule has 1 amide bonds. The van der Waals surface area contributed by atoms with Crippen LogP contribution in [0.25, 0.3) is 0 Å². The molecule has 1 saturated carbocycles. The van der Waals surface area contributed by atoms with Crippen LogP contribution in [0.15, 0.2) is 5.38 Å². The molecule has 0 unspecified atom stereocenters. The zero-order valence-corrected chi connectivity index (χ0v) is 11.0. The second-order valence-electron chi connectivity index (χ2n) is 5.07. The molecule has 0 spiro atoms. The molecule has 98 valence electrons. The quantitative estimate of drug-likeness (QED) is 0.869. The Hall–Kier alpha value is -0.980. The molecule has 1 aliphatic heterocycles. The van der Waals surface area contributed by atoms with Gasteiger partial charge in [0.15, 0.2) is 5.13 Å². The van der Waals surface area contributed by atoms with Crippen LogP contribution < -0.4 is 11.1 Å². The summed E-state index contributed by atoms with van der Waals surface area (Å²) in [5.74, 6) is 0.476. The predicted molar refractivity (Wildman–Crippen MR) is 69.7 cm³/mol. The molecule has 3 rings (SSSR count). The van der Waals surface area contributed by atoms with Gasteiger partial charge >= 0.3 is 0 Å². The summed E-state index contributed by atoms with van der Waals surface area (Å²) >= 11 is 1.48. The molecule has 0 atom stereocenters. The van der Waals surface area contributed by atoms with Crippen molar-refractivity contribution >= 4 is 22.4 Å². The van der Waals surface area contributed by atoms with Crippen molar-refractivity contribution in [3.63, 3.8) is 0 Å². The lowest BCUT2D eigenvalue weighted by molar-refractivity contribution is -0.124. The zero-order valence-electron chi connectivity index (χ0n) is 10.1. The van der Waals surface area contributed by atoms with E-state index in [0.717, 1.165) is 5.69 Å². The number of nitrogens with two attached hydrogens (primary N) is 1. The summed E-state index contributed by atoms with van der Waals surface area (Å²) in [5.41, 5.74) is 6.42. The van der Waals surface area contributed by atoms with Crippen molar-refractivity contribution in [2.75, 3.05) is 18.5 Å². The average molecular weight is 267 g/mol. The van der Waals surface area contributed by atoms with Crippen molar-refractivity contribution in [3.05, 3.63) is 11.1 Å². The maximum atomic E-state index is 12.2. The second kappa shape index (κ2) is 4.60. The molecule has 5 nitrogen and oxygen atoms in total. The van der Waals surface area contributed by atoms with Crippen LogP contribution in [0.2, 0.25) is 0 Å². The number of nitrogens with one attached hydrogen (secondary N) is 1. The molecule has 1 aliphatic carbocycles. The minimum Gasteiger partial charge on any atom is -0.381 e. The van der Waals surface area contributed by atoms with Crippen molar-refractivity contribution in [1.29, 1.82) is 0 Å². The number of rotatable bonds is 3. The van der Waals surface area contributed by atoms with Crippen LogP contribution in [0.4, 0.5) is 5.13 Å². The first-order valence-corrected chi connectivity index (χ1v) is 7.19. The van der Waals surface area contributed by atoms with Crippen molar-refractivity contribution < 1.29 is 9.53 Å². The molecule has 2 aliphatic rings. The molecular weight excluding hydrogens is 250 g/mol. The van der Waals surface area contributed by atoms with Gasteiger partial charge in [-0.3, -0.25) is 4.79 Å². The lowest BCUT2D eigenvalue weighted by Crippen LogP contribution is -2.54. The fourth-order valence-electron chi connectivity index (χ4n) is 2.09. The number of thiazole rings is 1. The Labute approximate surface area is 110 Å². The number of carbonyl (C=O) groups is 1. The molecule has 0 aromatic carbocycles. The van der Waals surface area contributed by atoms with E-state index in [-0.39, 0.29) is 5.91 Å². The first-order valence-electron chi connectivity index (χ1n) is 6.31. The van der Waals surface area contributed by atoms with Gasteiger partial charge in [0.25, 0.3) is 0 Å². The normalized spacial score (nSPS) is 22.7. The number of nitrogens with zero attached hydrogens (tertiary/aromatic N) is 1. The fourth-order valence-corrected chi connectivity index (χ4v) is 2.88. The van der Waals surface area contributed by atoms with Crippen LogP contribution >= 0.6 is 11.3 Å². The third kappa shape index (κ3) is 2.41. The largest absolute Gasteiger partial charge is 0.381 e. The number of carbonyl (C=O) groups excluding carboxylic acids is 1. The molecular formula is C12H17N3O2S. The Bertz CT molecular complexity index is 450. The number of hydrogen-bond donors (Lipinski definition) is 2. The lowest BCUT2D eigenvalue weighted by atomic mass is 9.90. The Balaban J connectivity index is 1.65. The van der Waals surface area contributed by atoms with Gasteiger partial charge in [0.2, 0.25) is 5.91 Å². The highest BCUT2D eigenvalue weighted by atomic mass is 32.1. The first-order chi connectivity index (χ1) is 8.67. The van der Waals surface area contributed by atoms with Gasteiger partial charge in [-0.15, -0.1) is 11.3 Å². The van der Waals surface area contributed by atoms with Crippen molar-refractivity contribution in [2.45, 2.75) is 37.1 Å². The Morgan fingerprint density at radius 3 is 2.89 bits per heavy atom. The van der Waals surface area contributed by atoms with Gasteiger partial charge in [-0.2, -0.15) is 0 Å². The summed E-state index contributed by atoms with van der Waals surface area (Å²) in [6.45, 7) is 1.10. The SMILES string of the molecule is NC1(C(=O)Nc2nc(C3CC3)cs2)CCOCC1. The van der Waals surface area contributed by atoms with Gasteiger partial charge < -0.3 is 15.8 Å². The number of aromatic nitrogens is 1. The molecule has 0 radical (unpaired) electrons. The van der Waals surface area contributed by atoms with Gasteiger partial charge in [0.1, 0.15) is 5.54 Å². The molecule has 18 heavy (non-hydrogen) atoms. The molecule has 2 heterocycles. The standard InChI is InChI=1S/C12H17N3O2S/c13-12(3-5-17-6-4-12)10(16)15-11-14-9(7-18-11)8-1-2-8/h7-8H,1-6,13H2,(H,14,15,16). The maximum Gasteiger partial charge on any atom is 0.246 e. The molecule has 1 aromatic heterocycles. The van der Waals surface area contributed by atoms with Crippen molar-refractivity contribution in [2.24, 2.45) is 5.73 Å². The fraction of sp³-hybridized carbons (Fsp3) is 0.667. The van der Waals surface area contributed by atoms with E-state index in [9.17, 15) is 4.79 Å². The summed E-state index contributed by atoms with van der Waals surface area (Å²) in [7, 11) is 0. The monoisotopic (exact) mass is 267 g/mol. The summed E-state index contributed by atoms with van der Waals surface area (Å²) in [5, 5.41) is 5.54. The van der Waals surface area contributed by atoms with Crippen molar-refractivity contribution in [1.82, 2.24) is 4.98 Å². The van der Waals surface area contributed by atoms with Crippen molar-refractivity contribution in [3.8, 4) is 0 Å². The van der Waals surface area contributed by atoms with E-state index in [1.165, 1.54) is 24.2 Å². The van der Waals surface area contributed by atoms with Crippen LogP contribution in [0.1, 0.15) is 37.3 Å². The number of ether oxygens (including phenoxy) is 1. The minimum absolute atomic E-state index is 0.137. The zero-order chi connectivity index (χ0) is 12.6. The van der Waals surface area contributed by atoms with Crippen LogP contribution in [0.5, 0.6) is 0 Å². The summed E-state index contributed by atoms with van der Waals surface area (Å²) in [6.07, 6.45) is 3.57. The van der Waals surface area contributed by atoms with E-state index >= 15 is 0 Å². The van der Waals surface area contributed by atoms with E-state index in [1.54, 1.807) is 0 Å². The summed E-state index contributed by atoms with van der Waals surface area (Å²) in [4.78, 5) is 16.6.